The van der Waals surface area contributed by atoms with Crippen molar-refractivity contribution in [2.75, 3.05) is 6.54 Å². The Kier molecular flexibility index (Phi) is 3.86. The number of carbonyl (C=O) groups excluding carboxylic acids is 1. The summed E-state index contributed by atoms with van der Waals surface area (Å²) >= 11 is 0. The highest BCUT2D eigenvalue weighted by molar-refractivity contribution is 5.77. The summed E-state index contributed by atoms with van der Waals surface area (Å²) in [7, 11) is 0. The Morgan fingerprint density at radius 3 is 2.73 bits per heavy atom. The average Bonchev–Trinajstić information content (AvgIpc) is 2.91. The number of amides is 2. The summed E-state index contributed by atoms with van der Waals surface area (Å²) in [5, 5.41) is 13.4. The van der Waals surface area contributed by atoms with Gasteiger partial charge in [-0.15, -0.1) is 0 Å². The number of hydrogen-bond donors (Lipinski definition) is 2. The number of benzene rings is 2. The van der Waals surface area contributed by atoms with Crippen molar-refractivity contribution in [3.63, 3.8) is 0 Å². The van der Waals surface area contributed by atoms with Gasteiger partial charge in [-0.25, -0.2) is 4.79 Å². The summed E-state index contributed by atoms with van der Waals surface area (Å²) in [5.41, 5.74) is 6.03. The quantitative estimate of drug-likeness (QED) is 0.571. The number of hydrogen-bond acceptors (Lipinski definition) is 2. The molecule has 4 nitrogen and oxygen atoms in total. The molecular formula is C18H20N2O2. The van der Waals surface area contributed by atoms with E-state index in [1.165, 1.54) is 22.3 Å². The van der Waals surface area contributed by atoms with Gasteiger partial charge in [0.15, 0.2) is 0 Å². The summed E-state index contributed by atoms with van der Waals surface area (Å²) in [6.45, 7) is 4.13. The lowest BCUT2D eigenvalue weighted by Crippen LogP contribution is -2.39. The molecule has 0 saturated heterocycles. The van der Waals surface area contributed by atoms with E-state index in [0.717, 1.165) is 17.0 Å². The zero-order valence-electron chi connectivity index (χ0n) is 12.8. The van der Waals surface area contributed by atoms with E-state index < -0.39 is 6.03 Å². The minimum atomic E-state index is -0.473. The maximum atomic E-state index is 11.7. The maximum absolute atomic E-state index is 11.7. The molecule has 0 heterocycles. The molecule has 1 aliphatic carbocycles. The summed E-state index contributed by atoms with van der Waals surface area (Å²) in [6, 6.07) is 13.7. The molecule has 2 N–H and O–H groups in total. The van der Waals surface area contributed by atoms with E-state index in [1.54, 1.807) is 0 Å². The number of nitrogens with one attached hydrogen (secondary N) is 1. The molecule has 0 radical (unpaired) electrons. The highest BCUT2D eigenvalue weighted by atomic mass is 16.5. The van der Waals surface area contributed by atoms with E-state index in [4.69, 9.17) is 0 Å². The number of urea groups is 1. The third-order valence-electron chi connectivity index (χ3n) is 4.20. The normalized spacial score (nSPS) is 13.2. The lowest BCUT2D eigenvalue weighted by Gasteiger charge is -2.23. The van der Waals surface area contributed by atoms with Crippen LogP contribution in [0, 0.1) is 0 Å². The van der Waals surface area contributed by atoms with Crippen molar-refractivity contribution in [2.24, 2.45) is 0 Å². The second kappa shape index (κ2) is 5.81. The predicted molar refractivity (Wildman–Crippen MR) is 85.8 cm³/mol. The topological polar surface area (TPSA) is 52.6 Å². The Hall–Kier alpha value is -2.33. The summed E-state index contributed by atoms with van der Waals surface area (Å²) < 4.78 is 0. The molecule has 2 amide bonds. The molecule has 0 spiro atoms. The van der Waals surface area contributed by atoms with Gasteiger partial charge in [0.2, 0.25) is 0 Å². The Labute approximate surface area is 130 Å². The van der Waals surface area contributed by atoms with Crippen LogP contribution < -0.4 is 5.32 Å². The Morgan fingerprint density at radius 1 is 1.23 bits per heavy atom. The lowest BCUT2D eigenvalue weighted by atomic mass is 10.0. The minimum absolute atomic E-state index is 0.388. The van der Waals surface area contributed by atoms with Crippen molar-refractivity contribution in [1.82, 2.24) is 10.4 Å². The number of fused-ring (bicyclic) bond motifs is 3. The molecule has 0 fully saturated rings. The van der Waals surface area contributed by atoms with Crippen LogP contribution in [-0.4, -0.2) is 22.8 Å². The zero-order valence-corrected chi connectivity index (χ0v) is 12.8. The van der Waals surface area contributed by atoms with Crippen LogP contribution in [0.25, 0.3) is 11.1 Å². The summed E-state index contributed by atoms with van der Waals surface area (Å²) in [6.07, 6.45) is 0.901. The highest BCUT2D eigenvalue weighted by Gasteiger charge is 2.23. The van der Waals surface area contributed by atoms with Gasteiger partial charge in [-0.1, -0.05) is 42.5 Å². The first-order valence-electron chi connectivity index (χ1n) is 7.59. The fourth-order valence-corrected chi connectivity index (χ4v) is 2.97. The molecule has 2 aromatic rings. The minimum Gasteiger partial charge on any atom is -0.336 e. The number of rotatable bonds is 3. The highest BCUT2D eigenvalue weighted by Crippen LogP contribution is 2.37. The first-order valence-corrected chi connectivity index (χ1v) is 7.59. The molecule has 0 bridgehead atoms. The van der Waals surface area contributed by atoms with Gasteiger partial charge in [0.05, 0.1) is 6.04 Å². The molecular weight excluding hydrogens is 276 g/mol. The third kappa shape index (κ3) is 2.46. The number of carbonyl (C=O) groups is 1. The van der Waals surface area contributed by atoms with Crippen molar-refractivity contribution < 1.29 is 10.0 Å². The van der Waals surface area contributed by atoms with Crippen LogP contribution >= 0.6 is 0 Å². The third-order valence-corrected chi connectivity index (χ3v) is 4.20. The van der Waals surface area contributed by atoms with Crippen molar-refractivity contribution in [3.8, 4) is 11.1 Å². The Bertz CT molecular complexity index is 712. The largest absolute Gasteiger partial charge is 0.341 e. The Morgan fingerprint density at radius 2 is 1.95 bits per heavy atom. The smallest absolute Gasteiger partial charge is 0.336 e. The monoisotopic (exact) mass is 296 g/mol. The maximum Gasteiger partial charge on any atom is 0.341 e. The molecule has 0 aromatic heterocycles. The molecule has 3 rings (SSSR count). The van der Waals surface area contributed by atoms with E-state index in [2.05, 4.69) is 41.7 Å². The second-order valence-electron chi connectivity index (χ2n) is 5.61. The number of hydroxylamine groups is 2. The fourth-order valence-electron chi connectivity index (χ4n) is 2.97. The number of nitrogens with zero attached hydrogens (tertiary/aromatic N) is 1. The summed E-state index contributed by atoms with van der Waals surface area (Å²) in [5.74, 6) is 0. The Balaban J connectivity index is 1.86. The zero-order chi connectivity index (χ0) is 15.7. The lowest BCUT2D eigenvalue weighted by molar-refractivity contribution is -0.0742. The van der Waals surface area contributed by atoms with Gasteiger partial charge in [-0.05, 0) is 48.1 Å². The van der Waals surface area contributed by atoms with Gasteiger partial charge in [-0.2, -0.15) is 5.06 Å². The first-order chi connectivity index (χ1) is 10.6. The van der Waals surface area contributed by atoms with Gasteiger partial charge < -0.3 is 5.32 Å². The van der Waals surface area contributed by atoms with Crippen LogP contribution in [0.15, 0.2) is 42.5 Å². The molecule has 0 saturated carbocycles. The van der Waals surface area contributed by atoms with Crippen LogP contribution in [0.3, 0.4) is 0 Å². The molecule has 2 aromatic carbocycles. The summed E-state index contributed by atoms with van der Waals surface area (Å²) in [4.78, 5) is 11.7. The van der Waals surface area contributed by atoms with E-state index >= 15 is 0 Å². The molecule has 1 atom stereocenters. The fraction of sp³-hybridized carbons (Fsp3) is 0.278. The molecule has 0 aliphatic heterocycles. The molecule has 22 heavy (non-hydrogen) atoms. The van der Waals surface area contributed by atoms with E-state index in [-0.39, 0.29) is 6.04 Å². The van der Waals surface area contributed by atoms with Crippen LogP contribution in [-0.2, 0) is 6.42 Å². The molecule has 1 aliphatic rings. The molecule has 4 heteroatoms. The van der Waals surface area contributed by atoms with Crippen molar-refractivity contribution in [1.29, 1.82) is 0 Å². The molecule has 1 unspecified atom stereocenters. The van der Waals surface area contributed by atoms with Gasteiger partial charge in [0, 0.05) is 6.54 Å². The predicted octanol–water partition coefficient (Wildman–Crippen LogP) is 3.74. The van der Waals surface area contributed by atoms with Crippen LogP contribution in [0.5, 0.6) is 0 Å². The van der Waals surface area contributed by atoms with Crippen LogP contribution in [0.1, 0.15) is 36.6 Å². The standard InChI is InChI=1S/C18H20N2O2/c1-3-19-18(21)20(22)12(2)13-8-9-17-15(10-13)11-14-6-4-5-7-16(14)17/h4-10,12,22H,3,11H2,1-2H3,(H,19,21). The van der Waals surface area contributed by atoms with Gasteiger partial charge in [0.1, 0.15) is 0 Å². The van der Waals surface area contributed by atoms with Gasteiger partial charge >= 0.3 is 6.03 Å². The van der Waals surface area contributed by atoms with Crippen molar-refractivity contribution >= 4 is 6.03 Å². The van der Waals surface area contributed by atoms with E-state index in [1.807, 2.05) is 19.9 Å². The van der Waals surface area contributed by atoms with Gasteiger partial charge in [0.25, 0.3) is 0 Å². The van der Waals surface area contributed by atoms with Crippen molar-refractivity contribution in [2.45, 2.75) is 26.3 Å². The molecule has 114 valence electrons. The first kappa shape index (κ1) is 14.6. The van der Waals surface area contributed by atoms with Crippen LogP contribution in [0.4, 0.5) is 4.79 Å². The van der Waals surface area contributed by atoms with Crippen LogP contribution in [0.2, 0.25) is 0 Å². The van der Waals surface area contributed by atoms with E-state index in [0.29, 0.717) is 6.54 Å². The average molecular weight is 296 g/mol. The van der Waals surface area contributed by atoms with E-state index in [9.17, 15) is 10.0 Å². The van der Waals surface area contributed by atoms with Gasteiger partial charge in [-0.3, -0.25) is 5.21 Å². The second-order valence-corrected chi connectivity index (χ2v) is 5.61. The van der Waals surface area contributed by atoms with Crippen molar-refractivity contribution in [3.05, 3.63) is 59.2 Å². The SMILES string of the molecule is CCNC(=O)N(O)C(C)c1ccc2c(c1)Cc1ccccc1-2.